The van der Waals surface area contributed by atoms with Gasteiger partial charge in [-0.2, -0.15) is 0 Å². The van der Waals surface area contributed by atoms with Gasteiger partial charge in [0.05, 0.1) is 25.9 Å². The van der Waals surface area contributed by atoms with E-state index in [1.807, 2.05) is 18.2 Å². The van der Waals surface area contributed by atoms with Crippen LogP contribution in [-0.4, -0.2) is 43.2 Å². The fraction of sp³-hybridized carbons (Fsp3) is 0.480. The van der Waals surface area contributed by atoms with Crippen molar-refractivity contribution >= 4 is 29.9 Å². The zero-order chi connectivity index (χ0) is 21.0. The lowest BCUT2D eigenvalue weighted by Crippen LogP contribution is -2.47. The highest BCUT2D eigenvalue weighted by Gasteiger charge is 2.21. The molecule has 0 spiro atoms. The van der Waals surface area contributed by atoms with Gasteiger partial charge in [0.15, 0.2) is 5.96 Å². The summed E-state index contributed by atoms with van der Waals surface area (Å²) >= 11 is 0. The number of likely N-dealkylation sites (tertiary alicyclic amines) is 1. The molecule has 2 aromatic carbocycles. The molecule has 2 aromatic rings. The van der Waals surface area contributed by atoms with Crippen molar-refractivity contribution in [3.8, 4) is 0 Å². The summed E-state index contributed by atoms with van der Waals surface area (Å²) in [7, 11) is 0. The molecule has 0 aliphatic carbocycles. The van der Waals surface area contributed by atoms with E-state index in [-0.39, 0.29) is 24.0 Å². The molecule has 0 unspecified atom stereocenters. The second-order valence-corrected chi connectivity index (χ2v) is 7.61. The number of nitrogens with one attached hydrogen (secondary N) is 1. The first-order valence-corrected chi connectivity index (χ1v) is 11.1. The number of benzene rings is 2. The number of ether oxygens (including phenoxy) is 2. The third kappa shape index (κ3) is 8.79. The highest BCUT2D eigenvalue weighted by Crippen LogP contribution is 2.14. The molecule has 1 saturated heterocycles. The lowest BCUT2D eigenvalue weighted by Gasteiger charge is -2.34. The Bertz CT molecular complexity index is 760. The first kappa shape index (κ1) is 25.6. The van der Waals surface area contributed by atoms with Crippen molar-refractivity contribution in [2.24, 2.45) is 4.99 Å². The van der Waals surface area contributed by atoms with Crippen molar-refractivity contribution in [3.05, 3.63) is 71.3 Å². The number of hydrogen-bond donors (Lipinski definition) is 1. The summed E-state index contributed by atoms with van der Waals surface area (Å²) in [5.41, 5.74) is 3.59. The zero-order valence-corrected chi connectivity index (χ0v) is 21.1. The Kier molecular flexibility index (Phi) is 11.9. The van der Waals surface area contributed by atoms with Gasteiger partial charge in [0.1, 0.15) is 0 Å². The third-order valence-electron chi connectivity index (χ3n) is 5.29. The molecule has 1 fully saturated rings. The number of nitrogens with zero attached hydrogens (tertiary/aromatic N) is 2. The summed E-state index contributed by atoms with van der Waals surface area (Å²) in [5.74, 6) is 1.00. The normalized spacial score (nSPS) is 14.9. The molecule has 0 amide bonds. The average Bonchev–Trinajstić information content (AvgIpc) is 2.79. The smallest absolute Gasteiger partial charge is 0.194 e. The quantitative estimate of drug-likeness (QED) is 0.278. The predicted octanol–water partition coefficient (Wildman–Crippen LogP) is 4.99. The van der Waals surface area contributed by atoms with Gasteiger partial charge in [0.2, 0.25) is 0 Å². The summed E-state index contributed by atoms with van der Waals surface area (Å²) in [4.78, 5) is 7.22. The molecule has 170 valence electrons. The van der Waals surface area contributed by atoms with Crippen molar-refractivity contribution in [2.45, 2.75) is 52.6 Å². The largest absolute Gasteiger partial charge is 0.378 e. The Hall–Kier alpha value is -1.64. The maximum Gasteiger partial charge on any atom is 0.194 e. The monoisotopic (exact) mass is 537 g/mol. The average molecular weight is 537 g/mol. The van der Waals surface area contributed by atoms with Crippen LogP contribution < -0.4 is 5.32 Å². The lowest BCUT2D eigenvalue weighted by atomic mass is 10.1. The number of guanidine groups is 1. The number of aliphatic imine (C=N–C) groups is 1. The van der Waals surface area contributed by atoms with E-state index in [0.717, 1.165) is 45.0 Å². The van der Waals surface area contributed by atoms with Gasteiger partial charge >= 0.3 is 0 Å². The molecular weight excluding hydrogens is 501 g/mol. The van der Waals surface area contributed by atoms with Crippen LogP contribution in [0.2, 0.25) is 0 Å². The number of halogens is 1. The van der Waals surface area contributed by atoms with Crippen molar-refractivity contribution in [3.63, 3.8) is 0 Å². The van der Waals surface area contributed by atoms with E-state index in [9.17, 15) is 0 Å². The standard InChI is InChI=1S/C25H35N3O2.HI/c1-3-26-25(28-16-14-24(15-17-28)30-4-2)27-18-21-10-12-23(13-11-21)20-29-19-22-8-6-5-7-9-22;/h5-13,24H,3-4,14-20H2,1-2H3,(H,26,27);1H. The second-order valence-electron chi connectivity index (χ2n) is 7.61. The van der Waals surface area contributed by atoms with Crippen molar-refractivity contribution < 1.29 is 9.47 Å². The van der Waals surface area contributed by atoms with Crippen molar-refractivity contribution in [1.82, 2.24) is 10.2 Å². The summed E-state index contributed by atoms with van der Waals surface area (Å²) < 4.78 is 11.6. The molecule has 6 heteroatoms. The van der Waals surface area contributed by atoms with Gasteiger partial charge < -0.3 is 19.7 Å². The molecule has 0 atom stereocenters. The fourth-order valence-corrected chi connectivity index (χ4v) is 3.66. The highest BCUT2D eigenvalue weighted by atomic mass is 127. The van der Waals surface area contributed by atoms with Crippen LogP contribution in [0.15, 0.2) is 59.6 Å². The Morgan fingerprint density at radius 2 is 1.55 bits per heavy atom. The molecule has 1 N–H and O–H groups in total. The Labute approximate surface area is 204 Å². The van der Waals surface area contributed by atoms with Gasteiger partial charge in [-0.25, -0.2) is 4.99 Å². The van der Waals surface area contributed by atoms with Crippen LogP contribution in [0.5, 0.6) is 0 Å². The minimum absolute atomic E-state index is 0. The van der Waals surface area contributed by atoms with E-state index >= 15 is 0 Å². The van der Waals surface area contributed by atoms with E-state index in [1.165, 1.54) is 16.7 Å². The predicted molar refractivity (Wildman–Crippen MR) is 138 cm³/mol. The molecule has 0 saturated carbocycles. The summed E-state index contributed by atoms with van der Waals surface area (Å²) in [6, 6.07) is 18.8. The lowest BCUT2D eigenvalue weighted by molar-refractivity contribution is 0.0263. The second kappa shape index (κ2) is 14.4. The van der Waals surface area contributed by atoms with E-state index < -0.39 is 0 Å². The van der Waals surface area contributed by atoms with Gasteiger partial charge in [-0.1, -0.05) is 54.6 Å². The maximum absolute atomic E-state index is 5.83. The van der Waals surface area contributed by atoms with Crippen LogP contribution in [0.4, 0.5) is 0 Å². The van der Waals surface area contributed by atoms with E-state index in [4.69, 9.17) is 14.5 Å². The molecule has 1 heterocycles. The topological polar surface area (TPSA) is 46.1 Å². The molecule has 1 aliphatic rings. The van der Waals surface area contributed by atoms with Crippen molar-refractivity contribution in [2.75, 3.05) is 26.2 Å². The Morgan fingerprint density at radius 1 is 0.935 bits per heavy atom. The van der Waals surface area contributed by atoms with Crippen LogP contribution in [-0.2, 0) is 29.2 Å². The maximum atomic E-state index is 5.83. The zero-order valence-electron chi connectivity index (χ0n) is 18.8. The molecule has 0 aromatic heterocycles. The van der Waals surface area contributed by atoms with Crippen LogP contribution in [0.3, 0.4) is 0 Å². The van der Waals surface area contributed by atoms with E-state index in [0.29, 0.717) is 25.9 Å². The van der Waals surface area contributed by atoms with Gasteiger partial charge in [0.25, 0.3) is 0 Å². The van der Waals surface area contributed by atoms with Gasteiger partial charge in [-0.05, 0) is 43.4 Å². The molecule has 0 radical (unpaired) electrons. The Balaban J connectivity index is 0.00000341. The summed E-state index contributed by atoms with van der Waals surface area (Å²) in [5, 5.41) is 3.44. The Morgan fingerprint density at radius 3 is 2.16 bits per heavy atom. The van der Waals surface area contributed by atoms with Crippen LogP contribution in [0.1, 0.15) is 43.4 Å². The first-order chi connectivity index (χ1) is 14.8. The van der Waals surface area contributed by atoms with E-state index in [1.54, 1.807) is 0 Å². The summed E-state index contributed by atoms with van der Waals surface area (Å²) in [6.07, 6.45) is 2.53. The number of piperidine rings is 1. The number of rotatable bonds is 9. The molecule has 5 nitrogen and oxygen atoms in total. The minimum atomic E-state index is 0. The molecule has 0 bridgehead atoms. The number of hydrogen-bond acceptors (Lipinski definition) is 3. The summed E-state index contributed by atoms with van der Waals surface area (Å²) in [6.45, 7) is 9.79. The van der Waals surface area contributed by atoms with Gasteiger partial charge in [0, 0.05) is 26.2 Å². The minimum Gasteiger partial charge on any atom is -0.378 e. The highest BCUT2D eigenvalue weighted by molar-refractivity contribution is 14.0. The molecular formula is C25H36IN3O2. The molecule has 3 rings (SSSR count). The molecule has 1 aliphatic heterocycles. The van der Waals surface area contributed by atoms with Gasteiger partial charge in [-0.3, -0.25) is 0 Å². The third-order valence-corrected chi connectivity index (χ3v) is 5.29. The van der Waals surface area contributed by atoms with Crippen LogP contribution >= 0.6 is 24.0 Å². The SMILES string of the molecule is CCNC(=NCc1ccc(COCc2ccccc2)cc1)N1CCC(OCC)CC1.I. The van der Waals surface area contributed by atoms with Crippen molar-refractivity contribution in [1.29, 1.82) is 0 Å². The van der Waals surface area contributed by atoms with Crippen LogP contribution in [0, 0.1) is 0 Å². The van der Waals surface area contributed by atoms with Crippen LogP contribution in [0.25, 0.3) is 0 Å². The fourth-order valence-electron chi connectivity index (χ4n) is 3.66. The first-order valence-electron chi connectivity index (χ1n) is 11.1. The molecule has 31 heavy (non-hydrogen) atoms. The van der Waals surface area contributed by atoms with Gasteiger partial charge in [-0.15, -0.1) is 24.0 Å². The van der Waals surface area contributed by atoms with E-state index in [2.05, 4.69) is 60.5 Å².